The molecule has 0 radical (unpaired) electrons. The molecule has 10 nitrogen and oxygen atoms in total. The molecule has 2 heterocycles. The molecule has 4 rings (SSSR count). The number of nitrogens with zero attached hydrogens (tertiary/aromatic N) is 2. The second-order valence-corrected chi connectivity index (χ2v) is 9.80. The molecule has 10 heteroatoms. The van der Waals surface area contributed by atoms with Crippen LogP contribution in [0.4, 0.5) is 0 Å². The van der Waals surface area contributed by atoms with Gasteiger partial charge in [-0.05, 0) is 24.0 Å². The van der Waals surface area contributed by atoms with Crippen molar-refractivity contribution < 1.29 is 38.1 Å². The van der Waals surface area contributed by atoms with Gasteiger partial charge in [0.1, 0.15) is 11.1 Å². The smallest absolute Gasteiger partial charge is 0.340 e. The summed E-state index contributed by atoms with van der Waals surface area (Å²) < 4.78 is 24.4. The average Bonchev–Trinajstić information content (AvgIpc) is 3.59. The summed E-state index contributed by atoms with van der Waals surface area (Å²) in [5.41, 5.74) is 4.08. The fraction of sp³-hybridized carbons (Fsp3) is 0.294. The second-order valence-electron chi connectivity index (χ2n) is 9.80. The largest absolute Gasteiger partial charge is 0.465 e. The molecule has 0 aliphatic heterocycles. The van der Waals surface area contributed by atoms with Crippen LogP contribution in [0.5, 0.6) is 0 Å². The van der Waals surface area contributed by atoms with E-state index in [1.165, 1.54) is 28.4 Å². The van der Waals surface area contributed by atoms with Crippen molar-refractivity contribution in [1.29, 1.82) is 0 Å². The Labute approximate surface area is 256 Å². The van der Waals surface area contributed by atoms with Crippen LogP contribution in [0.2, 0.25) is 0 Å². The number of esters is 4. The Bertz CT molecular complexity index is 1560. The number of carbonyl (C=O) groups excluding carboxylic acids is 4. The van der Waals surface area contributed by atoms with E-state index in [0.717, 1.165) is 0 Å². The minimum atomic E-state index is -0.668. The molecule has 0 aliphatic carbocycles. The number of carbonyl (C=O) groups is 4. The molecule has 2 aromatic carbocycles. The Morgan fingerprint density at radius 1 is 0.500 bits per heavy atom. The van der Waals surface area contributed by atoms with Crippen molar-refractivity contribution in [2.24, 2.45) is 0 Å². The highest BCUT2D eigenvalue weighted by molar-refractivity contribution is 6.10. The SMILES string of the molecule is CCc1c(C(=O)OC)c(C(=O)OC)c(-c2ccccc2)n1CCn1c(CC)c(C(=O)OC)c(C(=O)OC)c1-c1ccccc1. The molecule has 0 N–H and O–H groups in total. The van der Waals surface area contributed by atoms with Crippen molar-refractivity contribution >= 4 is 23.9 Å². The van der Waals surface area contributed by atoms with Crippen LogP contribution in [0, 0.1) is 0 Å². The van der Waals surface area contributed by atoms with Gasteiger partial charge in [-0.1, -0.05) is 74.5 Å². The number of hydrogen-bond acceptors (Lipinski definition) is 8. The van der Waals surface area contributed by atoms with Crippen LogP contribution in [0.3, 0.4) is 0 Å². The number of methoxy groups -OCH3 is 4. The maximum atomic E-state index is 13.3. The second kappa shape index (κ2) is 13.9. The van der Waals surface area contributed by atoms with E-state index in [1.807, 2.05) is 83.6 Å². The molecule has 0 spiro atoms. The third-order valence-electron chi connectivity index (χ3n) is 7.61. The van der Waals surface area contributed by atoms with Gasteiger partial charge in [-0.3, -0.25) is 0 Å². The maximum absolute atomic E-state index is 13.3. The van der Waals surface area contributed by atoms with E-state index in [1.54, 1.807) is 0 Å². The van der Waals surface area contributed by atoms with Gasteiger partial charge in [0.05, 0.1) is 51.0 Å². The molecule has 4 aromatic rings. The van der Waals surface area contributed by atoms with E-state index in [9.17, 15) is 19.2 Å². The Balaban J connectivity index is 2.05. The van der Waals surface area contributed by atoms with Crippen molar-refractivity contribution in [3.05, 3.63) is 94.3 Å². The minimum absolute atomic E-state index is 0.111. The predicted molar refractivity (Wildman–Crippen MR) is 164 cm³/mol. The van der Waals surface area contributed by atoms with Crippen LogP contribution >= 0.6 is 0 Å². The van der Waals surface area contributed by atoms with Gasteiger partial charge in [-0.15, -0.1) is 0 Å². The van der Waals surface area contributed by atoms with Crippen LogP contribution < -0.4 is 0 Å². The highest BCUT2D eigenvalue weighted by atomic mass is 16.5. The fourth-order valence-corrected chi connectivity index (χ4v) is 5.80. The summed E-state index contributed by atoms with van der Waals surface area (Å²) in [5, 5.41) is 0. The summed E-state index contributed by atoms with van der Waals surface area (Å²) in [6.45, 7) is 4.30. The zero-order valence-corrected chi connectivity index (χ0v) is 25.8. The molecule has 0 saturated heterocycles. The van der Waals surface area contributed by atoms with Crippen molar-refractivity contribution in [1.82, 2.24) is 9.13 Å². The first-order valence-corrected chi connectivity index (χ1v) is 14.2. The molecule has 230 valence electrons. The number of hydrogen-bond donors (Lipinski definition) is 0. The van der Waals surface area contributed by atoms with Gasteiger partial charge in [-0.25, -0.2) is 19.2 Å². The van der Waals surface area contributed by atoms with Crippen LogP contribution in [0.15, 0.2) is 60.7 Å². The van der Waals surface area contributed by atoms with Crippen LogP contribution in [-0.4, -0.2) is 61.5 Å². The summed E-state index contributed by atoms with van der Waals surface area (Å²) in [5.74, 6) is -2.64. The Hall–Kier alpha value is -5.12. The van der Waals surface area contributed by atoms with Gasteiger partial charge in [0, 0.05) is 24.5 Å². The van der Waals surface area contributed by atoms with E-state index in [-0.39, 0.29) is 35.3 Å². The van der Waals surface area contributed by atoms with E-state index in [0.29, 0.717) is 46.7 Å². The Kier molecular flexibility index (Phi) is 10.0. The van der Waals surface area contributed by atoms with E-state index >= 15 is 0 Å². The Morgan fingerprint density at radius 3 is 1.07 bits per heavy atom. The third kappa shape index (κ3) is 5.62. The van der Waals surface area contributed by atoms with E-state index in [2.05, 4.69) is 0 Å². The topological polar surface area (TPSA) is 115 Å². The van der Waals surface area contributed by atoms with Gasteiger partial charge in [0.2, 0.25) is 0 Å². The summed E-state index contributed by atoms with van der Waals surface area (Å²) in [4.78, 5) is 52.8. The fourth-order valence-electron chi connectivity index (χ4n) is 5.80. The standard InChI is InChI=1S/C34H36N2O8/c1-7-23-25(31(37)41-3)27(33(39)43-5)29(21-15-11-9-12-16-21)35(23)19-20-36-24(8-2)26(32(38)42-4)28(34(40)44-6)30(36)22-17-13-10-14-18-22/h9-18H,7-8,19-20H2,1-6H3. The highest BCUT2D eigenvalue weighted by Crippen LogP contribution is 2.36. The lowest BCUT2D eigenvalue weighted by molar-refractivity contribution is 0.0556. The monoisotopic (exact) mass is 600 g/mol. The zero-order chi connectivity index (χ0) is 32.0. The van der Waals surface area contributed by atoms with Gasteiger partial charge in [-0.2, -0.15) is 0 Å². The molecule has 0 aliphatic rings. The molecule has 0 atom stereocenters. The summed E-state index contributed by atoms with van der Waals surface area (Å²) in [6, 6.07) is 18.5. The van der Waals surface area contributed by atoms with Crippen molar-refractivity contribution in [2.45, 2.75) is 39.8 Å². The first-order valence-electron chi connectivity index (χ1n) is 14.2. The highest BCUT2D eigenvalue weighted by Gasteiger charge is 2.35. The molecule has 44 heavy (non-hydrogen) atoms. The van der Waals surface area contributed by atoms with E-state index < -0.39 is 23.9 Å². The molecule has 0 bridgehead atoms. The predicted octanol–water partition coefficient (Wildman–Crippen LogP) is 5.60. The average molecular weight is 601 g/mol. The number of ether oxygens (including phenoxy) is 4. The molecule has 0 fully saturated rings. The quantitative estimate of drug-likeness (QED) is 0.162. The van der Waals surface area contributed by atoms with E-state index in [4.69, 9.17) is 18.9 Å². The summed E-state index contributed by atoms with van der Waals surface area (Å²) >= 11 is 0. The lowest BCUT2D eigenvalue weighted by atomic mass is 10.0. The summed E-state index contributed by atoms with van der Waals surface area (Å²) in [6.07, 6.45) is 0.805. The van der Waals surface area contributed by atoms with Gasteiger partial charge in [0.25, 0.3) is 0 Å². The number of aromatic nitrogens is 2. The Morgan fingerprint density at radius 2 is 0.795 bits per heavy atom. The van der Waals surface area contributed by atoms with Gasteiger partial charge in [0.15, 0.2) is 0 Å². The van der Waals surface area contributed by atoms with Crippen LogP contribution in [0.25, 0.3) is 22.5 Å². The normalized spacial score (nSPS) is 10.8. The van der Waals surface area contributed by atoms with Crippen molar-refractivity contribution in [2.75, 3.05) is 28.4 Å². The molecular formula is C34H36N2O8. The molecule has 0 amide bonds. The first-order chi connectivity index (χ1) is 21.3. The first kappa shape index (κ1) is 31.8. The minimum Gasteiger partial charge on any atom is -0.465 e. The molecule has 0 unspecified atom stereocenters. The molecule has 2 aromatic heterocycles. The van der Waals surface area contributed by atoms with Crippen LogP contribution in [0.1, 0.15) is 66.7 Å². The van der Waals surface area contributed by atoms with Gasteiger partial charge < -0.3 is 28.1 Å². The van der Waals surface area contributed by atoms with Crippen molar-refractivity contribution in [3.63, 3.8) is 0 Å². The lowest BCUT2D eigenvalue weighted by Crippen LogP contribution is -2.15. The van der Waals surface area contributed by atoms with Gasteiger partial charge >= 0.3 is 23.9 Å². The number of rotatable bonds is 11. The molecule has 0 saturated carbocycles. The maximum Gasteiger partial charge on any atom is 0.340 e. The van der Waals surface area contributed by atoms with Crippen LogP contribution in [-0.2, 0) is 44.9 Å². The molecular weight excluding hydrogens is 564 g/mol. The zero-order valence-electron chi connectivity index (χ0n) is 25.8. The number of benzene rings is 2. The third-order valence-corrected chi connectivity index (χ3v) is 7.61. The van der Waals surface area contributed by atoms with Crippen molar-refractivity contribution in [3.8, 4) is 22.5 Å². The summed E-state index contributed by atoms with van der Waals surface area (Å²) in [7, 11) is 5.07. The lowest BCUT2D eigenvalue weighted by Gasteiger charge is -2.18.